The number of likely N-dealkylation sites (tertiary alicyclic amines) is 1. The van der Waals surface area contributed by atoms with Crippen LogP contribution >= 0.6 is 0 Å². The second-order valence-corrected chi connectivity index (χ2v) is 7.73. The Hall–Kier alpha value is -2.87. The number of nitrogens with zero attached hydrogens (tertiary/aromatic N) is 4. The molecule has 0 spiro atoms. The van der Waals surface area contributed by atoms with Crippen molar-refractivity contribution in [2.45, 2.75) is 32.2 Å². The first kappa shape index (κ1) is 17.2. The van der Waals surface area contributed by atoms with Gasteiger partial charge in [-0.05, 0) is 57.1 Å². The van der Waals surface area contributed by atoms with Crippen molar-refractivity contribution < 1.29 is 14.1 Å². The van der Waals surface area contributed by atoms with Gasteiger partial charge in [0.15, 0.2) is 5.82 Å². The van der Waals surface area contributed by atoms with Crippen LogP contribution in [0.2, 0.25) is 0 Å². The Bertz CT molecular complexity index is 1040. The van der Waals surface area contributed by atoms with Gasteiger partial charge in [0.1, 0.15) is 18.0 Å². The molecule has 1 saturated heterocycles. The molecule has 1 N–H and O–H groups in total. The van der Waals surface area contributed by atoms with Gasteiger partial charge in [0.05, 0.1) is 11.8 Å². The number of aromatic nitrogens is 3. The predicted molar refractivity (Wildman–Crippen MR) is 103 cm³/mol. The van der Waals surface area contributed by atoms with Gasteiger partial charge in [0.25, 0.3) is 5.88 Å². The molecule has 1 aliphatic heterocycles. The quantitative estimate of drug-likeness (QED) is 0.707. The van der Waals surface area contributed by atoms with Crippen LogP contribution in [-0.2, 0) is 4.79 Å². The normalized spacial score (nSPS) is 19.6. The van der Waals surface area contributed by atoms with Crippen molar-refractivity contribution in [3.8, 4) is 17.0 Å². The zero-order valence-electron chi connectivity index (χ0n) is 16.0. The van der Waals surface area contributed by atoms with Crippen LogP contribution in [0.1, 0.15) is 25.0 Å². The number of amides is 1. The Labute approximate surface area is 162 Å². The Kier molecular flexibility index (Phi) is 4.08. The molecule has 8 heteroatoms. The smallest absolute Gasteiger partial charge is 0.262 e. The molecule has 3 aromatic rings. The number of anilines is 1. The van der Waals surface area contributed by atoms with E-state index in [1.165, 1.54) is 0 Å². The molecule has 146 valence electrons. The van der Waals surface area contributed by atoms with Gasteiger partial charge in [0, 0.05) is 23.7 Å². The van der Waals surface area contributed by atoms with E-state index in [9.17, 15) is 4.79 Å². The largest absolute Gasteiger partial charge is 0.473 e. The van der Waals surface area contributed by atoms with E-state index < -0.39 is 0 Å². The van der Waals surface area contributed by atoms with Crippen molar-refractivity contribution in [3.63, 3.8) is 0 Å². The molecule has 0 bridgehead atoms. The number of carbonyl (C=O) groups is 1. The van der Waals surface area contributed by atoms with Gasteiger partial charge in [-0.2, -0.15) is 0 Å². The summed E-state index contributed by atoms with van der Waals surface area (Å²) >= 11 is 0. The molecular weight excluding hydrogens is 358 g/mol. The highest BCUT2D eigenvalue weighted by molar-refractivity contribution is 5.93. The Balaban J connectivity index is 1.39. The average Bonchev–Trinajstić information content (AvgIpc) is 3.36. The molecule has 28 heavy (non-hydrogen) atoms. The maximum absolute atomic E-state index is 12.0. The molecule has 2 fully saturated rings. The third-order valence-electron chi connectivity index (χ3n) is 5.62. The monoisotopic (exact) mass is 381 g/mol. The lowest BCUT2D eigenvalue weighted by Gasteiger charge is -2.37. The Morgan fingerprint density at radius 2 is 2.18 bits per heavy atom. The highest BCUT2D eigenvalue weighted by Gasteiger charge is 2.30. The molecule has 8 nitrogen and oxygen atoms in total. The summed E-state index contributed by atoms with van der Waals surface area (Å²) < 4.78 is 13.3. The minimum Gasteiger partial charge on any atom is -0.473 e. The summed E-state index contributed by atoms with van der Waals surface area (Å²) in [5.74, 6) is 1.99. The predicted octanol–water partition coefficient (Wildman–Crippen LogP) is 2.73. The van der Waals surface area contributed by atoms with Crippen LogP contribution in [0.25, 0.3) is 16.8 Å². The number of ether oxygens (including phenoxy) is 1. The van der Waals surface area contributed by atoms with Gasteiger partial charge >= 0.3 is 0 Å². The molecular formula is C20H23N5O3. The number of hydrogen-bond donors (Lipinski definition) is 1. The minimum atomic E-state index is 0.0511. The van der Waals surface area contributed by atoms with Crippen LogP contribution in [0.15, 0.2) is 29.0 Å². The maximum Gasteiger partial charge on any atom is 0.262 e. The molecule has 0 radical (unpaired) electrons. The van der Waals surface area contributed by atoms with E-state index in [1.54, 1.807) is 0 Å². The molecule has 3 aromatic heterocycles. The molecule has 1 aliphatic carbocycles. The second-order valence-electron chi connectivity index (χ2n) is 7.73. The lowest BCUT2D eigenvalue weighted by molar-refractivity contribution is -0.117. The number of imidazole rings is 1. The van der Waals surface area contributed by atoms with E-state index in [2.05, 4.69) is 27.4 Å². The molecule has 0 aromatic carbocycles. The molecule has 1 atom stereocenters. The van der Waals surface area contributed by atoms with E-state index >= 15 is 0 Å². The van der Waals surface area contributed by atoms with Crippen molar-refractivity contribution >= 4 is 17.4 Å². The number of carbonyl (C=O) groups excluding carboxylic acids is 1. The van der Waals surface area contributed by atoms with Crippen LogP contribution in [0.5, 0.6) is 5.88 Å². The SMILES string of the molecule is Cc1onc(OC[C@H]2CCN2C)c1-c1ccc2nc(NC(=O)C3CC3)cn2c1. The molecule has 5 rings (SSSR count). The van der Waals surface area contributed by atoms with Crippen molar-refractivity contribution in [2.24, 2.45) is 5.92 Å². The van der Waals surface area contributed by atoms with Crippen molar-refractivity contribution in [2.75, 3.05) is 25.5 Å². The number of rotatable bonds is 6. The van der Waals surface area contributed by atoms with Crippen LogP contribution < -0.4 is 10.1 Å². The van der Waals surface area contributed by atoms with Crippen LogP contribution in [0.3, 0.4) is 0 Å². The number of pyridine rings is 1. The van der Waals surface area contributed by atoms with Gasteiger partial charge in [-0.3, -0.25) is 9.69 Å². The zero-order valence-corrected chi connectivity index (χ0v) is 16.0. The fraction of sp³-hybridized carbons (Fsp3) is 0.450. The zero-order chi connectivity index (χ0) is 19.3. The minimum absolute atomic E-state index is 0.0511. The van der Waals surface area contributed by atoms with Crippen molar-refractivity contribution in [3.05, 3.63) is 30.3 Å². The van der Waals surface area contributed by atoms with Gasteiger partial charge in [-0.1, -0.05) is 0 Å². The molecule has 0 unspecified atom stereocenters. The van der Waals surface area contributed by atoms with Crippen molar-refractivity contribution in [1.82, 2.24) is 19.4 Å². The summed E-state index contributed by atoms with van der Waals surface area (Å²) in [6.07, 6.45) is 6.85. The van der Waals surface area contributed by atoms with Gasteiger partial charge in [0.2, 0.25) is 5.91 Å². The molecule has 1 amide bonds. The maximum atomic E-state index is 12.0. The fourth-order valence-electron chi connectivity index (χ4n) is 3.51. The Morgan fingerprint density at radius 3 is 2.89 bits per heavy atom. The number of likely N-dealkylation sites (N-methyl/N-ethyl adjacent to an activating group) is 1. The first-order valence-corrected chi connectivity index (χ1v) is 9.68. The lowest BCUT2D eigenvalue weighted by Crippen LogP contribution is -2.48. The van der Waals surface area contributed by atoms with Gasteiger partial charge in [-0.15, -0.1) is 0 Å². The summed E-state index contributed by atoms with van der Waals surface area (Å²) in [4.78, 5) is 18.7. The fourth-order valence-corrected chi connectivity index (χ4v) is 3.51. The number of hydrogen-bond acceptors (Lipinski definition) is 6. The second kappa shape index (κ2) is 6.63. The van der Waals surface area contributed by atoms with Crippen LogP contribution in [0.4, 0.5) is 5.82 Å². The highest BCUT2D eigenvalue weighted by atomic mass is 16.5. The third-order valence-corrected chi connectivity index (χ3v) is 5.62. The van der Waals surface area contributed by atoms with E-state index in [4.69, 9.17) is 9.26 Å². The van der Waals surface area contributed by atoms with E-state index in [0.717, 1.165) is 42.6 Å². The average molecular weight is 381 g/mol. The van der Waals surface area contributed by atoms with Crippen LogP contribution in [-0.4, -0.2) is 51.6 Å². The molecule has 4 heterocycles. The number of fused-ring (bicyclic) bond motifs is 1. The first-order valence-electron chi connectivity index (χ1n) is 9.68. The lowest BCUT2D eigenvalue weighted by atomic mass is 10.1. The third kappa shape index (κ3) is 3.13. The Morgan fingerprint density at radius 1 is 1.32 bits per heavy atom. The van der Waals surface area contributed by atoms with Gasteiger partial charge < -0.3 is 19.0 Å². The molecule has 1 saturated carbocycles. The van der Waals surface area contributed by atoms with Gasteiger partial charge in [-0.25, -0.2) is 4.98 Å². The first-order chi connectivity index (χ1) is 13.6. The summed E-state index contributed by atoms with van der Waals surface area (Å²) in [5, 5.41) is 6.99. The summed E-state index contributed by atoms with van der Waals surface area (Å²) in [5.41, 5.74) is 2.55. The summed E-state index contributed by atoms with van der Waals surface area (Å²) in [6, 6.07) is 4.31. The number of nitrogens with one attached hydrogen (secondary N) is 1. The number of aryl methyl sites for hydroxylation is 1. The molecule has 2 aliphatic rings. The summed E-state index contributed by atoms with van der Waals surface area (Å²) in [6.45, 7) is 3.58. The van der Waals surface area contributed by atoms with Crippen molar-refractivity contribution in [1.29, 1.82) is 0 Å². The summed E-state index contributed by atoms with van der Waals surface area (Å²) in [7, 11) is 2.10. The topological polar surface area (TPSA) is 84.9 Å². The van der Waals surface area contributed by atoms with E-state index in [-0.39, 0.29) is 11.8 Å². The highest BCUT2D eigenvalue weighted by Crippen LogP contribution is 2.34. The van der Waals surface area contributed by atoms with Crippen LogP contribution in [0, 0.1) is 12.8 Å². The van der Waals surface area contributed by atoms with E-state index in [1.807, 2.05) is 35.9 Å². The van der Waals surface area contributed by atoms with E-state index in [0.29, 0.717) is 30.1 Å². The standard InChI is InChI=1S/C20H23N5O3/c1-12-18(20(23-28-12)27-11-15-7-8-24(15)2)14-5-6-17-21-16(10-25(17)9-14)22-19(26)13-3-4-13/h5-6,9-10,13,15H,3-4,7-8,11H2,1-2H3,(H,22,26)/t15-/m1/s1.